The summed E-state index contributed by atoms with van der Waals surface area (Å²) in [7, 11) is 0. The van der Waals surface area contributed by atoms with E-state index < -0.39 is 12.0 Å². The number of hydrogen-bond acceptors (Lipinski definition) is 3. The van der Waals surface area contributed by atoms with Crippen molar-refractivity contribution in [1.82, 2.24) is 0 Å². The van der Waals surface area contributed by atoms with Gasteiger partial charge in [0.2, 0.25) is 0 Å². The van der Waals surface area contributed by atoms with Gasteiger partial charge in [-0.2, -0.15) is 0 Å². The Kier molecular flexibility index (Phi) is 4.64. The van der Waals surface area contributed by atoms with Gasteiger partial charge in [-0.15, -0.1) is 0 Å². The Morgan fingerprint density at radius 1 is 2.00 bits per heavy atom. The van der Waals surface area contributed by atoms with E-state index >= 15 is 0 Å². The van der Waals surface area contributed by atoms with Crippen LogP contribution in [0.4, 0.5) is 0 Å². The second-order valence-corrected chi connectivity index (χ2v) is 2.44. The topological polar surface area (TPSA) is 63.3 Å². The summed E-state index contributed by atoms with van der Waals surface area (Å²) in [5, 5.41) is 8.21. The fraction of sp³-hybridized carbons (Fsp3) is 0.500. The second-order valence-electron chi connectivity index (χ2n) is 1.40. The molecule has 0 saturated carbocycles. The number of aliphatic carboxylic acids is 1. The van der Waals surface area contributed by atoms with Gasteiger partial charge in [0, 0.05) is 0 Å². The maximum absolute atomic E-state index is 10.0. The number of carboxylic acids is 1. The van der Waals surface area contributed by atoms with Crippen molar-refractivity contribution in [2.75, 3.05) is 0 Å². The van der Waals surface area contributed by atoms with Gasteiger partial charge in [0.05, 0.1) is 0 Å². The van der Waals surface area contributed by atoms with Crippen LogP contribution < -0.4 is 5.73 Å². The number of hydrogen-bond donors (Lipinski definition) is 2. The molecule has 0 aromatic heterocycles. The molecule has 1 unspecified atom stereocenters. The zero-order valence-electron chi connectivity index (χ0n) is 4.57. The minimum atomic E-state index is -1.01. The third-order valence-corrected chi connectivity index (χ3v) is 1.39. The van der Waals surface area contributed by atoms with E-state index in [1.165, 1.54) is 0 Å². The minimum absolute atomic E-state index is 0.223. The molecule has 0 heterocycles. The van der Waals surface area contributed by atoms with E-state index in [0.717, 1.165) is 0 Å². The molecule has 3 N–H and O–H groups in total. The first kappa shape index (κ1) is 8.86. The summed E-state index contributed by atoms with van der Waals surface area (Å²) in [6.07, 6.45) is 0.223. The van der Waals surface area contributed by atoms with Crippen LogP contribution in [0.2, 0.25) is 0 Å². The van der Waals surface area contributed by atoms with Crippen molar-refractivity contribution in [3.63, 3.8) is 0 Å². The van der Waals surface area contributed by atoms with Crippen LogP contribution in [0, 0.1) is 5.63 Å². The molecule has 0 bridgehead atoms. The monoisotopic (exact) mass is 163 g/mol. The van der Waals surface area contributed by atoms with Crippen molar-refractivity contribution >= 4 is 24.6 Å². The zero-order chi connectivity index (χ0) is 7.28. The van der Waals surface area contributed by atoms with Gasteiger partial charge >= 0.3 is 58.3 Å². The molecular weight excluding hydrogens is 157 g/mol. The van der Waals surface area contributed by atoms with Crippen LogP contribution in [-0.2, 0) is 16.6 Å². The Balaban J connectivity index is 3.72. The third-order valence-electron chi connectivity index (χ3n) is 0.693. The van der Waals surface area contributed by atoms with Crippen LogP contribution in [0.5, 0.6) is 0 Å². The van der Waals surface area contributed by atoms with E-state index in [-0.39, 0.29) is 6.42 Å². The van der Waals surface area contributed by atoms with E-state index in [4.69, 9.17) is 10.8 Å². The van der Waals surface area contributed by atoms with Gasteiger partial charge < -0.3 is 0 Å². The Bertz CT molecular complexity index is 198. The summed E-state index contributed by atoms with van der Waals surface area (Å²) >= 11 is 4.47. The molecule has 5 heteroatoms. The van der Waals surface area contributed by atoms with E-state index in [1.807, 2.05) is 0 Å². The van der Waals surface area contributed by atoms with E-state index in [0.29, 0.717) is 6.81 Å². The first-order chi connectivity index (χ1) is 4.18. The molecule has 3 nitrogen and oxygen atoms in total. The predicted octanol–water partition coefficient (Wildman–Crippen LogP) is 0.156. The SMILES string of the molecule is NC(CC#P=S)C(=O)O. The molecule has 50 valence electrons. The van der Waals surface area contributed by atoms with Gasteiger partial charge in [-0.3, -0.25) is 0 Å². The average Bonchev–Trinajstić information content (AvgIpc) is 1.82. The molecule has 0 aliphatic carbocycles. The zero-order valence-corrected chi connectivity index (χ0v) is 6.28. The quantitative estimate of drug-likeness (QED) is 0.569. The first-order valence-electron chi connectivity index (χ1n) is 2.22. The molecule has 0 radical (unpaired) electrons. The predicted molar refractivity (Wildman–Crippen MR) is 38.4 cm³/mol. The van der Waals surface area contributed by atoms with Crippen LogP contribution in [0.25, 0.3) is 0 Å². The summed E-state index contributed by atoms with van der Waals surface area (Å²) in [4.78, 5) is 10.0. The molecule has 0 aromatic rings. The van der Waals surface area contributed by atoms with Gasteiger partial charge in [0.25, 0.3) is 0 Å². The Hall–Kier alpha value is -0.140. The maximum atomic E-state index is 10.0. The van der Waals surface area contributed by atoms with Crippen LogP contribution >= 0.6 is 6.81 Å². The summed E-state index contributed by atoms with van der Waals surface area (Å²) in [6, 6.07) is -0.847. The van der Waals surface area contributed by atoms with Crippen molar-refractivity contribution in [3.8, 4) is 5.63 Å². The summed E-state index contributed by atoms with van der Waals surface area (Å²) in [6.45, 7) is 0.535. The van der Waals surface area contributed by atoms with Crippen LogP contribution in [0.1, 0.15) is 6.42 Å². The summed E-state index contributed by atoms with van der Waals surface area (Å²) < 4.78 is 0. The molecule has 9 heavy (non-hydrogen) atoms. The molecule has 0 amide bonds. The first-order valence-corrected chi connectivity index (χ1v) is 4.13. The molecule has 0 aromatic carbocycles. The molecular formula is C4H6NO2PS. The molecule has 0 spiro atoms. The molecule has 0 saturated heterocycles. The third kappa shape index (κ3) is 4.37. The number of nitrogens with two attached hydrogens (primary N) is 1. The van der Waals surface area contributed by atoms with Gasteiger partial charge in [-0.25, -0.2) is 0 Å². The van der Waals surface area contributed by atoms with Crippen molar-refractivity contribution in [1.29, 1.82) is 0 Å². The summed E-state index contributed by atoms with van der Waals surface area (Å²) in [5.41, 5.74) is 7.70. The average molecular weight is 163 g/mol. The van der Waals surface area contributed by atoms with Crippen LogP contribution in [0.3, 0.4) is 0 Å². The Labute approximate surface area is 59.0 Å². The molecule has 0 aliphatic heterocycles. The van der Waals surface area contributed by atoms with Crippen molar-refractivity contribution in [2.45, 2.75) is 12.5 Å². The normalized spacial score (nSPS) is 11.7. The van der Waals surface area contributed by atoms with Gasteiger partial charge in [-0.1, -0.05) is 0 Å². The van der Waals surface area contributed by atoms with Gasteiger partial charge in [0.15, 0.2) is 0 Å². The van der Waals surface area contributed by atoms with Crippen molar-refractivity contribution < 1.29 is 9.90 Å². The van der Waals surface area contributed by atoms with Crippen LogP contribution in [0.15, 0.2) is 0 Å². The molecule has 1 atom stereocenters. The van der Waals surface area contributed by atoms with Gasteiger partial charge in [-0.05, 0) is 0 Å². The number of rotatable bonds is 2. The van der Waals surface area contributed by atoms with Crippen molar-refractivity contribution in [2.24, 2.45) is 5.73 Å². The summed E-state index contributed by atoms with van der Waals surface area (Å²) in [5.74, 6) is -1.01. The van der Waals surface area contributed by atoms with Gasteiger partial charge in [0.1, 0.15) is 0 Å². The Morgan fingerprint density at radius 3 is 2.89 bits per heavy atom. The fourth-order valence-corrected chi connectivity index (χ4v) is 0.718. The van der Waals surface area contributed by atoms with E-state index in [9.17, 15) is 4.79 Å². The molecule has 0 rings (SSSR count). The standard InChI is InChI=1S/C4H6NO2PS/c5-3(4(6)7)1-2-8-9/h3H,1,5H2,(H,6,7). The second kappa shape index (κ2) is 4.71. The number of carboxylic acid groups (broad SMARTS) is 1. The van der Waals surface area contributed by atoms with E-state index in [1.54, 1.807) is 0 Å². The molecule has 0 fully saturated rings. The van der Waals surface area contributed by atoms with Crippen LogP contribution in [-0.4, -0.2) is 17.1 Å². The fourth-order valence-electron chi connectivity index (χ4n) is 0.223. The van der Waals surface area contributed by atoms with E-state index in [2.05, 4.69) is 17.4 Å². The van der Waals surface area contributed by atoms with Crippen molar-refractivity contribution in [3.05, 3.63) is 0 Å². The Morgan fingerprint density at radius 2 is 2.56 bits per heavy atom. The molecule has 0 aliphatic rings. The number of carbonyl (C=O) groups is 1.